The first-order valence-corrected chi connectivity index (χ1v) is 7.68. The number of nitrogens with zero attached hydrogens (tertiary/aromatic N) is 1. The Morgan fingerprint density at radius 2 is 1.95 bits per heavy atom. The summed E-state index contributed by atoms with van der Waals surface area (Å²) in [6, 6.07) is 8.79. The Kier molecular flexibility index (Phi) is 5.48. The van der Waals surface area contributed by atoms with E-state index < -0.39 is 10.0 Å². The normalized spacial score (nSPS) is 14.6. The van der Waals surface area contributed by atoms with E-state index in [1.165, 1.54) is 12.1 Å². The first-order chi connectivity index (χ1) is 8.88. The molecule has 19 heavy (non-hydrogen) atoms. The molecule has 5 nitrogen and oxygen atoms in total. The molecule has 2 atom stereocenters. The number of hydrogen-bond donors (Lipinski definition) is 2. The predicted molar refractivity (Wildman–Crippen MR) is 73.7 cm³/mol. The molecule has 0 aromatic heterocycles. The fourth-order valence-electron chi connectivity index (χ4n) is 1.83. The lowest BCUT2D eigenvalue weighted by Gasteiger charge is -2.20. The number of sulfonamides is 1. The maximum atomic E-state index is 11.1. The summed E-state index contributed by atoms with van der Waals surface area (Å²) < 4.78 is 22.3. The number of primary sulfonamides is 1. The van der Waals surface area contributed by atoms with Gasteiger partial charge in [0.15, 0.2) is 0 Å². The van der Waals surface area contributed by atoms with Crippen molar-refractivity contribution < 1.29 is 8.42 Å². The van der Waals surface area contributed by atoms with Crippen LogP contribution in [0, 0.1) is 11.3 Å². The van der Waals surface area contributed by atoms with E-state index >= 15 is 0 Å². The molecule has 1 rings (SSSR count). The zero-order valence-corrected chi connectivity index (χ0v) is 11.9. The van der Waals surface area contributed by atoms with Crippen LogP contribution in [0.4, 0.5) is 0 Å². The lowest BCUT2D eigenvalue weighted by Crippen LogP contribution is -2.30. The van der Waals surface area contributed by atoms with Gasteiger partial charge in [-0.25, -0.2) is 13.6 Å². The van der Waals surface area contributed by atoms with Crippen molar-refractivity contribution in [2.45, 2.75) is 43.7 Å². The molecule has 6 heteroatoms. The number of nitriles is 1. The molecule has 3 N–H and O–H groups in total. The van der Waals surface area contributed by atoms with Gasteiger partial charge in [-0.3, -0.25) is 0 Å². The van der Waals surface area contributed by atoms with E-state index in [1.807, 2.05) is 13.8 Å². The van der Waals surface area contributed by atoms with Crippen LogP contribution in [0.25, 0.3) is 0 Å². The van der Waals surface area contributed by atoms with Crippen LogP contribution in [0.3, 0.4) is 0 Å². The van der Waals surface area contributed by atoms with Crippen LogP contribution in [0.5, 0.6) is 0 Å². The quantitative estimate of drug-likeness (QED) is 0.829. The molecule has 0 heterocycles. The summed E-state index contributed by atoms with van der Waals surface area (Å²) in [6.45, 7) is 4.00. The Labute approximate surface area is 114 Å². The van der Waals surface area contributed by atoms with Gasteiger partial charge in [-0.05, 0) is 31.0 Å². The first kappa shape index (κ1) is 15.6. The predicted octanol–water partition coefficient (Wildman–Crippen LogP) is 1.68. The Hall–Kier alpha value is -1.42. The van der Waals surface area contributed by atoms with E-state index in [0.717, 1.165) is 12.0 Å². The Bertz CT molecular complexity index is 546. The highest BCUT2D eigenvalue weighted by atomic mass is 32.2. The zero-order valence-electron chi connectivity index (χ0n) is 11.1. The number of hydrogen-bond acceptors (Lipinski definition) is 4. The van der Waals surface area contributed by atoms with Gasteiger partial charge in [-0.15, -0.1) is 0 Å². The summed E-state index contributed by atoms with van der Waals surface area (Å²) in [5, 5.41) is 17.1. The van der Waals surface area contributed by atoms with Crippen molar-refractivity contribution in [3.63, 3.8) is 0 Å². The third-order valence-electron chi connectivity index (χ3n) is 3.02. The molecule has 0 aliphatic rings. The third kappa shape index (κ3) is 4.63. The number of nitrogens with two attached hydrogens (primary N) is 1. The van der Waals surface area contributed by atoms with Gasteiger partial charge >= 0.3 is 0 Å². The molecule has 1 aromatic rings. The highest BCUT2D eigenvalue weighted by Crippen LogP contribution is 2.17. The highest BCUT2D eigenvalue weighted by molar-refractivity contribution is 7.89. The first-order valence-electron chi connectivity index (χ1n) is 6.14. The van der Waals surface area contributed by atoms with Crippen LogP contribution in [0.15, 0.2) is 29.2 Å². The third-order valence-corrected chi connectivity index (χ3v) is 3.95. The molecule has 1 aromatic carbocycles. The molecule has 0 saturated carbocycles. The van der Waals surface area contributed by atoms with Crippen LogP contribution >= 0.6 is 0 Å². The fraction of sp³-hybridized carbons (Fsp3) is 0.462. The van der Waals surface area contributed by atoms with Gasteiger partial charge in [0.05, 0.1) is 17.4 Å². The molecule has 0 amide bonds. The average Bonchev–Trinajstić information content (AvgIpc) is 2.37. The molecule has 2 unspecified atom stereocenters. The van der Waals surface area contributed by atoms with Gasteiger partial charge in [-0.1, -0.05) is 19.1 Å². The fourth-order valence-corrected chi connectivity index (χ4v) is 2.34. The van der Waals surface area contributed by atoms with Crippen molar-refractivity contribution >= 4 is 10.0 Å². The number of rotatable bonds is 6. The lowest BCUT2D eigenvalue weighted by molar-refractivity contribution is 0.448. The molecule has 0 fully saturated rings. The summed E-state index contributed by atoms with van der Waals surface area (Å²) in [4.78, 5) is 0.104. The maximum absolute atomic E-state index is 11.1. The van der Waals surface area contributed by atoms with E-state index in [1.54, 1.807) is 12.1 Å². The Balaban J connectivity index is 2.78. The zero-order chi connectivity index (χ0) is 14.5. The second-order valence-electron chi connectivity index (χ2n) is 4.47. The molecule has 0 saturated heterocycles. The van der Waals surface area contributed by atoms with Crippen LogP contribution in [0.2, 0.25) is 0 Å². The minimum absolute atomic E-state index is 0.0489. The van der Waals surface area contributed by atoms with Gasteiger partial charge < -0.3 is 5.32 Å². The topological polar surface area (TPSA) is 96.0 Å². The molecule has 0 bridgehead atoms. The molecule has 0 aliphatic heterocycles. The summed E-state index contributed by atoms with van der Waals surface area (Å²) in [7, 11) is -3.65. The molecule has 0 aliphatic carbocycles. The summed E-state index contributed by atoms with van der Waals surface area (Å²) in [5.74, 6) is 0. The molecule has 0 spiro atoms. The van der Waals surface area contributed by atoms with E-state index in [0.29, 0.717) is 6.42 Å². The average molecular weight is 281 g/mol. The van der Waals surface area contributed by atoms with E-state index in [4.69, 9.17) is 10.4 Å². The number of nitrogens with one attached hydrogen (secondary N) is 1. The van der Waals surface area contributed by atoms with Crippen molar-refractivity contribution in [1.82, 2.24) is 5.32 Å². The Morgan fingerprint density at radius 1 is 1.37 bits per heavy atom. The van der Waals surface area contributed by atoms with Gasteiger partial charge in [0.1, 0.15) is 0 Å². The van der Waals surface area contributed by atoms with Crippen molar-refractivity contribution in [3.8, 4) is 6.07 Å². The van der Waals surface area contributed by atoms with Crippen molar-refractivity contribution in [2.75, 3.05) is 0 Å². The minimum Gasteiger partial charge on any atom is -0.306 e. The SMILES string of the molecule is CCC(CC#N)NC(C)c1ccc(S(N)(=O)=O)cc1. The van der Waals surface area contributed by atoms with Gasteiger partial charge in [0.2, 0.25) is 10.0 Å². The van der Waals surface area contributed by atoms with Gasteiger partial charge in [0, 0.05) is 12.1 Å². The van der Waals surface area contributed by atoms with Crippen molar-refractivity contribution in [1.29, 1.82) is 5.26 Å². The van der Waals surface area contributed by atoms with Crippen molar-refractivity contribution in [3.05, 3.63) is 29.8 Å². The molecule has 0 radical (unpaired) electrons. The monoisotopic (exact) mass is 281 g/mol. The van der Waals surface area contributed by atoms with Crippen molar-refractivity contribution in [2.24, 2.45) is 5.14 Å². The van der Waals surface area contributed by atoms with E-state index in [2.05, 4.69) is 11.4 Å². The number of benzene rings is 1. The summed E-state index contributed by atoms with van der Waals surface area (Å²) in [5.41, 5.74) is 0.962. The summed E-state index contributed by atoms with van der Waals surface area (Å²) >= 11 is 0. The second-order valence-corrected chi connectivity index (χ2v) is 6.03. The van der Waals surface area contributed by atoms with Crippen LogP contribution in [0.1, 0.15) is 38.3 Å². The van der Waals surface area contributed by atoms with Gasteiger partial charge in [0.25, 0.3) is 0 Å². The van der Waals surface area contributed by atoms with E-state index in [-0.39, 0.29) is 17.0 Å². The molecular formula is C13H19N3O2S. The van der Waals surface area contributed by atoms with Crippen LogP contribution in [-0.2, 0) is 10.0 Å². The molecule has 104 valence electrons. The van der Waals surface area contributed by atoms with Crippen LogP contribution in [-0.4, -0.2) is 14.5 Å². The minimum atomic E-state index is -3.65. The van der Waals surface area contributed by atoms with Gasteiger partial charge in [-0.2, -0.15) is 5.26 Å². The maximum Gasteiger partial charge on any atom is 0.238 e. The smallest absolute Gasteiger partial charge is 0.238 e. The largest absolute Gasteiger partial charge is 0.306 e. The standard InChI is InChI=1S/C13H19N3O2S/c1-3-12(8-9-14)16-10(2)11-4-6-13(7-5-11)19(15,17)18/h4-7,10,12,16H,3,8H2,1-2H3,(H2,15,17,18). The lowest BCUT2D eigenvalue weighted by atomic mass is 10.1. The Morgan fingerprint density at radius 3 is 2.37 bits per heavy atom. The highest BCUT2D eigenvalue weighted by Gasteiger charge is 2.13. The second kappa shape index (κ2) is 6.66. The summed E-state index contributed by atoms with van der Waals surface area (Å²) in [6.07, 6.45) is 1.32. The van der Waals surface area contributed by atoms with E-state index in [9.17, 15) is 8.42 Å². The van der Waals surface area contributed by atoms with Crippen LogP contribution < -0.4 is 10.5 Å². The molecular weight excluding hydrogens is 262 g/mol.